The fraction of sp³-hybridized carbons (Fsp3) is 0.0698. The summed E-state index contributed by atoms with van der Waals surface area (Å²) in [5.41, 5.74) is 11.7. The van der Waals surface area contributed by atoms with Gasteiger partial charge in [0.25, 0.3) is 11.3 Å². The van der Waals surface area contributed by atoms with E-state index in [9.17, 15) is 0 Å². The van der Waals surface area contributed by atoms with Gasteiger partial charge in [-0.05, 0) is 66.8 Å². The van der Waals surface area contributed by atoms with Crippen LogP contribution in [0, 0.1) is 13.8 Å². The van der Waals surface area contributed by atoms with Crippen LogP contribution < -0.4 is 13.9 Å². The van der Waals surface area contributed by atoms with E-state index in [2.05, 4.69) is 154 Å². The van der Waals surface area contributed by atoms with E-state index >= 15 is 0 Å². The first-order valence-corrected chi connectivity index (χ1v) is 16.7. The Bertz CT molecular complexity index is 3220. The SMILES string of the molecule is Cc1cccc(C)c1-c1c[n+]2c3c4c5c(ccc4c4ccc6ccccc6c4n13)Oc1ccc3c4ccccc4n4cc[n+]6c4c3c1C562. The van der Waals surface area contributed by atoms with E-state index in [1.165, 1.54) is 98.9 Å². The molecule has 0 N–H and O–H groups in total. The highest BCUT2D eigenvalue weighted by atomic mass is 16.5. The van der Waals surface area contributed by atoms with Gasteiger partial charge in [-0.1, -0.05) is 66.7 Å². The second-order valence-electron chi connectivity index (χ2n) is 13.9. The molecule has 1 unspecified atom stereocenters. The summed E-state index contributed by atoms with van der Waals surface area (Å²) < 4.78 is 17.1. The molecule has 1 atom stereocenters. The van der Waals surface area contributed by atoms with Gasteiger partial charge in [0.2, 0.25) is 0 Å². The Kier molecular flexibility index (Phi) is 3.76. The Morgan fingerprint density at radius 1 is 0.604 bits per heavy atom. The molecule has 0 bridgehead atoms. The molecule has 3 aliphatic rings. The van der Waals surface area contributed by atoms with Crippen molar-refractivity contribution in [1.82, 2.24) is 8.80 Å². The number of rotatable bonds is 1. The predicted molar refractivity (Wildman–Crippen MR) is 189 cm³/mol. The van der Waals surface area contributed by atoms with Crippen LogP contribution in [0.5, 0.6) is 11.5 Å². The summed E-state index contributed by atoms with van der Waals surface area (Å²) >= 11 is 0. The fourth-order valence-corrected chi connectivity index (χ4v) is 10.1. The number of nitrogens with zero attached hydrogens (tertiary/aromatic N) is 4. The highest BCUT2D eigenvalue weighted by Gasteiger charge is 2.65. The maximum Gasteiger partial charge on any atom is 0.315 e. The van der Waals surface area contributed by atoms with E-state index < -0.39 is 5.66 Å². The number of benzene rings is 6. The van der Waals surface area contributed by atoms with E-state index in [1.54, 1.807) is 0 Å². The Morgan fingerprint density at radius 2 is 1.29 bits per heavy atom. The molecular formula is C43H26N4O+2. The molecule has 1 spiro atoms. The van der Waals surface area contributed by atoms with Crippen LogP contribution in [0.4, 0.5) is 0 Å². The number of imidazole rings is 2. The normalized spacial score (nSPS) is 16.8. The molecule has 48 heavy (non-hydrogen) atoms. The standard InChI is InChI=1S/C43H26N4O/c1-23-8-7-9-24(2)35(23)32-22-46-42-37-29(30-15-14-25-10-3-4-11-26(25)40(30)47(32)42)17-19-34-39(37)43(46)38-33(48-34)18-16-28-27-12-5-6-13-31(27)44-20-21-45(43)41(44)36(28)38/h3-22H,1-2H3/q+2. The predicted octanol–water partition coefficient (Wildman–Crippen LogP) is 8.85. The van der Waals surface area contributed by atoms with E-state index in [-0.39, 0.29) is 0 Å². The lowest BCUT2D eigenvalue weighted by atomic mass is 9.85. The largest absolute Gasteiger partial charge is 0.456 e. The van der Waals surface area contributed by atoms with Gasteiger partial charge in [0.15, 0.2) is 5.69 Å². The van der Waals surface area contributed by atoms with Gasteiger partial charge >= 0.3 is 5.66 Å². The van der Waals surface area contributed by atoms with Gasteiger partial charge in [0.1, 0.15) is 52.2 Å². The average molecular weight is 615 g/mol. The van der Waals surface area contributed by atoms with Crippen molar-refractivity contribution >= 4 is 65.4 Å². The highest BCUT2D eigenvalue weighted by Crippen LogP contribution is 2.58. The average Bonchev–Trinajstić information content (AvgIpc) is 3.87. The number of aromatic nitrogens is 4. The van der Waals surface area contributed by atoms with Crippen molar-refractivity contribution in [2.24, 2.45) is 0 Å². The van der Waals surface area contributed by atoms with E-state index in [0.717, 1.165) is 11.5 Å². The van der Waals surface area contributed by atoms with Crippen LogP contribution in [-0.4, -0.2) is 8.80 Å². The first kappa shape index (κ1) is 24.0. The molecule has 0 saturated heterocycles. The molecule has 0 radical (unpaired) electrons. The zero-order chi connectivity index (χ0) is 31.2. The number of pyridine rings is 2. The maximum atomic E-state index is 6.95. The van der Waals surface area contributed by atoms with Crippen molar-refractivity contribution in [2.45, 2.75) is 19.5 Å². The van der Waals surface area contributed by atoms with Gasteiger partial charge in [0.05, 0.1) is 10.8 Å². The first-order chi connectivity index (χ1) is 23.7. The van der Waals surface area contributed by atoms with Crippen LogP contribution >= 0.6 is 0 Å². The van der Waals surface area contributed by atoms with Crippen molar-refractivity contribution in [3.63, 3.8) is 0 Å². The molecule has 4 aromatic heterocycles. The third-order valence-corrected chi connectivity index (χ3v) is 11.8. The quantitative estimate of drug-likeness (QED) is 0.134. The van der Waals surface area contributed by atoms with Gasteiger partial charge in [-0.2, -0.15) is 17.9 Å². The van der Waals surface area contributed by atoms with Crippen LogP contribution in [0.3, 0.4) is 0 Å². The van der Waals surface area contributed by atoms with Crippen molar-refractivity contribution in [3.8, 4) is 22.8 Å². The summed E-state index contributed by atoms with van der Waals surface area (Å²) in [6.45, 7) is 4.49. The maximum absolute atomic E-state index is 6.95. The Morgan fingerprint density at radius 3 is 2.10 bits per heavy atom. The lowest BCUT2D eigenvalue weighted by Gasteiger charge is -2.30. The second-order valence-corrected chi connectivity index (χ2v) is 13.9. The summed E-state index contributed by atoms with van der Waals surface area (Å²) in [7, 11) is 0. The minimum atomic E-state index is -0.647. The summed E-state index contributed by atoms with van der Waals surface area (Å²) in [5.74, 6) is 1.86. The summed E-state index contributed by atoms with van der Waals surface area (Å²) in [5, 5.41) is 10.1. The minimum absolute atomic E-state index is 0.647. The van der Waals surface area contributed by atoms with Gasteiger partial charge in [-0.3, -0.25) is 0 Å². The van der Waals surface area contributed by atoms with Gasteiger partial charge in [0, 0.05) is 32.5 Å². The molecule has 5 nitrogen and oxygen atoms in total. The van der Waals surface area contributed by atoms with Gasteiger partial charge in [-0.15, -0.1) is 0 Å². The van der Waals surface area contributed by atoms with Crippen molar-refractivity contribution in [1.29, 1.82) is 0 Å². The van der Waals surface area contributed by atoms with E-state index in [0.29, 0.717) is 0 Å². The molecule has 5 heteroatoms. The highest BCUT2D eigenvalue weighted by molar-refractivity contribution is 6.22. The Balaban J connectivity index is 1.35. The molecule has 3 aliphatic heterocycles. The zero-order valence-corrected chi connectivity index (χ0v) is 26.2. The van der Waals surface area contributed by atoms with Crippen molar-refractivity contribution in [3.05, 3.63) is 144 Å². The molecule has 0 saturated carbocycles. The Hall–Kier alpha value is -6.20. The Labute approximate surface area is 273 Å². The number of ether oxygens (including phenoxy) is 1. The number of fused-ring (bicyclic) bond motifs is 8. The minimum Gasteiger partial charge on any atom is -0.456 e. The molecule has 222 valence electrons. The second kappa shape index (κ2) is 7.50. The van der Waals surface area contributed by atoms with E-state index in [4.69, 9.17) is 4.74 Å². The molecule has 7 heterocycles. The number of hydrogen-bond acceptors (Lipinski definition) is 1. The lowest BCUT2D eigenvalue weighted by Crippen LogP contribution is -2.71. The zero-order valence-electron chi connectivity index (χ0n) is 26.2. The van der Waals surface area contributed by atoms with Crippen molar-refractivity contribution in [2.75, 3.05) is 0 Å². The fourth-order valence-electron chi connectivity index (χ4n) is 10.1. The first-order valence-electron chi connectivity index (χ1n) is 16.7. The molecule has 0 amide bonds. The molecule has 10 aromatic rings. The summed E-state index contributed by atoms with van der Waals surface area (Å²) in [4.78, 5) is 0. The van der Waals surface area contributed by atoms with E-state index in [1.807, 2.05) is 0 Å². The van der Waals surface area contributed by atoms with Crippen LogP contribution in [0.25, 0.3) is 76.7 Å². The van der Waals surface area contributed by atoms with Crippen LogP contribution in [-0.2, 0) is 5.66 Å². The van der Waals surface area contributed by atoms with Crippen LogP contribution in [0.15, 0.2) is 122 Å². The molecule has 6 aromatic carbocycles. The van der Waals surface area contributed by atoms with Crippen LogP contribution in [0.2, 0.25) is 0 Å². The third-order valence-electron chi connectivity index (χ3n) is 11.8. The lowest BCUT2D eigenvalue weighted by molar-refractivity contribution is -0.944. The number of hydrogen-bond donors (Lipinski definition) is 0. The molecule has 13 rings (SSSR count). The number of aryl methyl sites for hydroxylation is 2. The van der Waals surface area contributed by atoms with Crippen LogP contribution in [0.1, 0.15) is 22.3 Å². The molecule has 0 aliphatic carbocycles. The smallest absolute Gasteiger partial charge is 0.315 e. The van der Waals surface area contributed by atoms with Crippen molar-refractivity contribution < 1.29 is 13.9 Å². The third kappa shape index (κ3) is 2.29. The molecular weight excluding hydrogens is 589 g/mol. The van der Waals surface area contributed by atoms with Gasteiger partial charge < -0.3 is 4.74 Å². The van der Waals surface area contributed by atoms with Gasteiger partial charge in [-0.25, -0.2) is 0 Å². The number of para-hydroxylation sites is 1. The monoisotopic (exact) mass is 614 g/mol. The topological polar surface area (TPSA) is 25.8 Å². The summed E-state index contributed by atoms with van der Waals surface area (Å²) in [6, 6.07) is 37.9. The summed E-state index contributed by atoms with van der Waals surface area (Å²) in [6.07, 6.45) is 7.00. The molecule has 0 fully saturated rings.